The smallest absolute Gasteiger partial charge is 0.253 e. The van der Waals surface area contributed by atoms with Gasteiger partial charge in [-0.3, -0.25) is 9.59 Å². The van der Waals surface area contributed by atoms with Gasteiger partial charge in [-0.1, -0.05) is 25.0 Å². The third-order valence-electron chi connectivity index (χ3n) is 7.58. The molecule has 1 saturated carbocycles. The Morgan fingerprint density at radius 2 is 1.84 bits per heavy atom. The van der Waals surface area contributed by atoms with Crippen molar-refractivity contribution in [2.24, 2.45) is 0 Å². The minimum atomic E-state index is -0.118. The Hall–Kier alpha value is -2.71. The summed E-state index contributed by atoms with van der Waals surface area (Å²) in [6.45, 7) is 17.7. The fourth-order valence-corrected chi connectivity index (χ4v) is 5.24. The molecule has 8 nitrogen and oxygen atoms in total. The molecule has 2 amide bonds. The Morgan fingerprint density at radius 3 is 2.50 bits per heavy atom. The Labute approximate surface area is 229 Å². The van der Waals surface area contributed by atoms with E-state index in [4.69, 9.17) is 10.1 Å². The van der Waals surface area contributed by atoms with Gasteiger partial charge in [-0.15, -0.1) is 0 Å². The van der Waals surface area contributed by atoms with Crippen LogP contribution in [0.1, 0.15) is 72.1 Å². The van der Waals surface area contributed by atoms with E-state index in [1.807, 2.05) is 31.7 Å². The van der Waals surface area contributed by atoms with Crippen molar-refractivity contribution < 1.29 is 14.3 Å². The van der Waals surface area contributed by atoms with Crippen LogP contribution in [0.3, 0.4) is 0 Å². The van der Waals surface area contributed by atoms with Crippen molar-refractivity contribution in [3.8, 4) is 0 Å². The summed E-state index contributed by atoms with van der Waals surface area (Å²) in [4.78, 5) is 30.9. The Morgan fingerprint density at radius 1 is 1.13 bits per heavy atom. The number of allylic oxidation sites excluding steroid dienone is 3. The van der Waals surface area contributed by atoms with Crippen LogP contribution >= 0.6 is 0 Å². The number of amides is 2. The monoisotopic (exact) mass is 527 g/mol. The Bertz CT molecular complexity index is 926. The first kappa shape index (κ1) is 31.5. The molecule has 3 N–H and O–H groups in total. The van der Waals surface area contributed by atoms with Crippen molar-refractivity contribution in [1.29, 1.82) is 5.41 Å². The highest BCUT2D eigenvalue weighted by Crippen LogP contribution is 2.28. The van der Waals surface area contributed by atoms with Crippen LogP contribution in [0.2, 0.25) is 0 Å². The third kappa shape index (κ3) is 9.24. The van der Waals surface area contributed by atoms with Crippen molar-refractivity contribution in [2.75, 3.05) is 46.4 Å². The van der Waals surface area contributed by atoms with Crippen molar-refractivity contribution in [3.63, 3.8) is 0 Å². The van der Waals surface area contributed by atoms with Crippen LogP contribution < -0.4 is 10.6 Å². The molecule has 8 heteroatoms. The molecule has 212 valence electrons. The van der Waals surface area contributed by atoms with E-state index in [0.717, 1.165) is 88.3 Å². The molecule has 2 aliphatic heterocycles. The lowest BCUT2D eigenvalue weighted by atomic mass is 9.99. The standard InChI is InChI=1S/C29H46N4O3.CH3N/c1-21(2)26(29(35)33-15-10-14-32(16-17-33)13-8-9-18-36-5)19-24-20-27(31-25-11-6-7-12-25)22(3)28(34)30-23(24)4;1-2/h19,25,31H,4,6-18,20H2,1-3,5H3,(H,30,34);2H,1H2/b24-19-;. The minimum absolute atomic E-state index is 0.0677. The Balaban J connectivity index is 0.00000247. The summed E-state index contributed by atoms with van der Waals surface area (Å²) in [5, 5.41) is 12.1. The molecule has 0 atom stereocenters. The topological polar surface area (TPSA) is 97.8 Å². The maximum Gasteiger partial charge on any atom is 0.253 e. The van der Waals surface area contributed by atoms with Crippen LogP contribution in [0, 0.1) is 5.41 Å². The first-order valence-electron chi connectivity index (χ1n) is 14.0. The second-order valence-electron chi connectivity index (χ2n) is 10.6. The fourth-order valence-electron chi connectivity index (χ4n) is 5.24. The lowest BCUT2D eigenvalue weighted by Crippen LogP contribution is -2.36. The van der Waals surface area contributed by atoms with E-state index >= 15 is 0 Å². The third-order valence-corrected chi connectivity index (χ3v) is 7.58. The highest BCUT2D eigenvalue weighted by molar-refractivity contribution is 5.98. The second kappa shape index (κ2) is 16.3. The molecule has 2 heterocycles. The largest absolute Gasteiger partial charge is 0.385 e. The van der Waals surface area contributed by atoms with Crippen molar-refractivity contribution in [1.82, 2.24) is 20.4 Å². The number of carbonyl (C=O) groups excluding carboxylic acids is 2. The average molecular weight is 528 g/mol. The number of carbonyl (C=O) groups is 2. The zero-order valence-electron chi connectivity index (χ0n) is 24.1. The highest BCUT2D eigenvalue weighted by Gasteiger charge is 2.26. The van der Waals surface area contributed by atoms with Crippen LogP contribution in [0.25, 0.3) is 0 Å². The van der Waals surface area contributed by atoms with E-state index in [1.54, 1.807) is 7.11 Å². The van der Waals surface area contributed by atoms with Crippen LogP contribution in [-0.4, -0.2) is 80.8 Å². The number of methoxy groups -OCH3 is 1. The summed E-state index contributed by atoms with van der Waals surface area (Å²) < 4.78 is 5.16. The van der Waals surface area contributed by atoms with Gasteiger partial charge >= 0.3 is 0 Å². The van der Waals surface area contributed by atoms with Crippen molar-refractivity contribution in [3.05, 3.63) is 46.3 Å². The van der Waals surface area contributed by atoms with E-state index in [2.05, 4.69) is 28.8 Å². The van der Waals surface area contributed by atoms with Gasteiger partial charge in [-0.2, -0.15) is 0 Å². The van der Waals surface area contributed by atoms with E-state index in [-0.39, 0.29) is 11.8 Å². The maximum atomic E-state index is 13.7. The highest BCUT2D eigenvalue weighted by atomic mass is 16.5. The first-order chi connectivity index (χ1) is 18.3. The van der Waals surface area contributed by atoms with Crippen LogP contribution in [0.4, 0.5) is 0 Å². The molecule has 0 bridgehead atoms. The molecule has 0 radical (unpaired) electrons. The average Bonchev–Trinajstić information content (AvgIpc) is 3.27. The molecule has 1 saturated heterocycles. The fraction of sp³-hybridized carbons (Fsp3) is 0.633. The lowest BCUT2D eigenvalue weighted by molar-refractivity contribution is -0.126. The van der Waals surface area contributed by atoms with Gasteiger partial charge < -0.3 is 30.6 Å². The summed E-state index contributed by atoms with van der Waals surface area (Å²) in [6, 6.07) is 0.412. The van der Waals surface area contributed by atoms with Crippen LogP contribution in [0.15, 0.2) is 46.3 Å². The molecule has 38 heavy (non-hydrogen) atoms. The van der Waals surface area contributed by atoms with E-state index in [0.29, 0.717) is 29.3 Å². The van der Waals surface area contributed by atoms with E-state index in [1.165, 1.54) is 12.8 Å². The number of nitrogens with zero attached hydrogens (tertiary/aromatic N) is 2. The van der Waals surface area contributed by atoms with E-state index < -0.39 is 0 Å². The zero-order valence-corrected chi connectivity index (χ0v) is 24.1. The molecule has 3 aliphatic rings. The van der Waals surface area contributed by atoms with Gasteiger partial charge in [0.1, 0.15) is 0 Å². The number of unbranched alkanes of at least 4 members (excludes halogenated alkanes) is 1. The molecule has 3 rings (SSSR count). The SMILES string of the molecule is C=C1NC(=O)C(C)=C(NC2CCCC2)C/C1=C/C(C(=O)N1CCCN(CCCCOC)CC1)=C(C)C.C=N. The van der Waals surface area contributed by atoms with Gasteiger partial charge in [0.25, 0.3) is 11.8 Å². The van der Waals surface area contributed by atoms with Gasteiger partial charge in [-0.25, -0.2) is 0 Å². The molecule has 0 aromatic carbocycles. The molecular weight excluding hydrogens is 478 g/mol. The summed E-state index contributed by atoms with van der Waals surface area (Å²) in [5.41, 5.74) is 4.79. The number of nitrogens with one attached hydrogen (secondary N) is 3. The van der Waals surface area contributed by atoms with Crippen molar-refractivity contribution >= 4 is 18.5 Å². The molecule has 1 aliphatic carbocycles. The number of hydrogen-bond donors (Lipinski definition) is 3. The number of ether oxygens (including phenoxy) is 1. The van der Waals surface area contributed by atoms with Gasteiger partial charge in [0.2, 0.25) is 0 Å². The predicted octanol–water partition coefficient (Wildman–Crippen LogP) is 4.32. The molecule has 0 aromatic rings. The number of hydrogen-bond acceptors (Lipinski definition) is 6. The van der Waals surface area contributed by atoms with Gasteiger partial charge in [0.05, 0.1) is 0 Å². The molecular formula is C30H49N5O3. The first-order valence-corrected chi connectivity index (χ1v) is 14.0. The second-order valence-corrected chi connectivity index (χ2v) is 10.6. The predicted molar refractivity (Wildman–Crippen MR) is 155 cm³/mol. The summed E-state index contributed by atoms with van der Waals surface area (Å²) in [7, 11) is 1.74. The minimum Gasteiger partial charge on any atom is -0.385 e. The quantitative estimate of drug-likeness (QED) is 0.236. The molecule has 0 aromatic heterocycles. The Kier molecular flexibility index (Phi) is 13.5. The van der Waals surface area contributed by atoms with Gasteiger partial charge in [0.15, 0.2) is 0 Å². The normalized spacial score (nSPS) is 20.4. The van der Waals surface area contributed by atoms with E-state index in [9.17, 15) is 9.59 Å². The molecule has 0 unspecified atom stereocenters. The summed E-state index contributed by atoms with van der Waals surface area (Å²) >= 11 is 0. The number of rotatable bonds is 9. The van der Waals surface area contributed by atoms with Crippen molar-refractivity contribution in [2.45, 2.75) is 78.2 Å². The molecule has 2 fully saturated rings. The van der Waals surface area contributed by atoms with Gasteiger partial charge in [-0.05, 0) is 84.3 Å². The summed E-state index contributed by atoms with van der Waals surface area (Å²) in [6.07, 6.45) is 10.4. The molecule has 0 spiro atoms. The van der Waals surface area contributed by atoms with Gasteiger partial charge in [0, 0.05) is 68.4 Å². The maximum absolute atomic E-state index is 13.7. The van der Waals surface area contributed by atoms with Crippen LogP contribution in [0.5, 0.6) is 0 Å². The lowest BCUT2D eigenvalue weighted by Gasteiger charge is -2.23. The summed E-state index contributed by atoms with van der Waals surface area (Å²) in [5.74, 6) is -0.0507. The zero-order chi connectivity index (χ0) is 28.1. The van der Waals surface area contributed by atoms with Crippen LogP contribution in [-0.2, 0) is 14.3 Å².